The minimum atomic E-state index is 0.812. The number of amidine groups is 1. The van der Waals surface area contributed by atoms with E-state index < -0.39 is 0 Å². The number of nitrogens with zero attached hydrogens (tertiary/aromatic N) is 2. The van der Waals surface area contributed by atoms with Crippen molar-refractivity contribution in [1.29, 1.82) is 0 Å². The van der Waals surface area contributed by atoms with Gasteiger partial charge in [-0.1, -0.05) is 0 Å². The second kappa shape index (κ2) is 4.70. The number of thiazole rings is 1. The Morgan fingerprint density at radius 2 is 2.73 bits per heavy atom. The van der Waals surface area contributed by atoms with Crippen LogP contribution in [0.2, 0.25) is 0 Å². The first kappa shape index (κ1) is 8.98. The fourth-order valence-corrected chi connectivity index (χ4v) is 1.93. The van der Waals surface area contributed by atoms with Crippen LogP contribution < -0.4 is 5.32 Å². The van der Waals surface area contributed by atoms with Crippen molar-refractivity contribution in [3.63, 3.8) is 0 Å². The Kier molecular flexibility index (Phi) is 3.84. The van der Waals surface area contributed by atoms with Crippen LogP contribution in [0.15, 0.2) is 16.6 Å². The molecule has 0 aliphatic heterocycles. The molecule has 0 aromatic carbocycles. The van der Waals surface area contributed by atoms with Crippen molar-refractivity contribution in [3.8, 4) is 0 Å². The summed E-state index contributed by atoms with van der Waals surface area (Å²) in [5, 5.41) is 5.92. The number of anilines is 1. The predicted octanol–water partition coefficient (Wildman–Crippen LogP) is 1.10. The molecule has 0 atom stereocenters. The maximum absolute atomic E-state index is 4.18. The predicted molar refractivity (Wildman–Crippen MR) is 49.5 cm³/mol. The first-order valence-electron chi connectivity index (χ1n) is 3.21. The third kappa shape index (κ3) is 3.19. The summed E-state index contributed by atoms with van der Waals surface area (Å²) in [4.78, 5) is 8.24. The van der Waals surface area contributed by atoms with Crippen LogP contribution >= 0.6 is 11.3 Å². The third-order valence-electron chi connectivity index (χ3n) is 0.948. The summed E-state index contributed by atoms with van der Waals surface area (Å²) in [5.74, 6) is 0. The molecule has 11 heavy (non-hydrogen) atoms. The molecule has 0 saturated heterocycles. The standard InChI is InChI=1S/C6H8N3STe/c1-2-7-6(11)9-5-8-3-4-10-5/h3-4H,2H2,1H3,(H,7,8,9). The fraction of sp³-hybridized carbons (Fsp3) is 0.333. The van der Waals surface area contributed by atoms with E-state index in [-0.39, 0.29) is 0 Å². The molecule has 3 nitrogen and oxygen atoms in total. The minimum absolute atomic E-state index is 0.812. The molecule has 1 N–H and O–H groups in total. The molecule has 0 saturated carbocycles. The fourth-order valence-electron chi connectivity index (χ4n) is 0.560. The number of nitrogens with one attached hydrogen (secondary N) is 1. The molecule has 1 heterocycles. The van der Waals surface area contributed by atoms with Crippen molar-refractivity contribution in [1.82, 2.24) is 4.98 Å². The number of rotatable bonds is 2. The van der Waals surface area contributed by atoms with Gasteiger partial charge in [0.25, 0.3) is 0 Å². The van der Waals surface area contributed by atoms with Gasteiger partial charge in [0.1, 0.15) is 0 Å². The Hall–Kier alpha value is -0.110. The molecular formula is C6H8N3STe. The first-order valence-corrected chi connectivity index (χ1v) is 5.25. The van der Waals surface area contributed by atoms with E-state index in [9.17, 15) is 0 Å². The van der Waals surface area contributed by atoms with Crippen molar-refractivity contribution in [2.24, 2.45) is 4.99 Å². The molecule has 0 unspecified atom stereocenters. The molecule has 0 aliphatic carbocycles. The van der Waals surface area contributed by atoms with Gasteiger partial charge in [0.15, 0.2) is 0 Å². The third-order valence-corrected chi connectivity index (χ3v) is 2.30. The zero-order valence-electron chi connectivity index (χ0n) is 6.07. The van der Waals surface area contributed by atoms with E-state index in [0.717, 1.165) is 15.6 Å². The van der Waals surface area contributed by atoms with E-state index in [1.807, 2.05) is 34.6 Å². The molecule has 59 valence electrons. The Balaban J connectivity index is 2.50. The SMILES string of the molecule is CCN=C([Te])Nc1nccs1. The summed E-state index contributed by atoms with van der Waals surface area (Å²) in [7, 11) is 0. The molecule has 0 aliphatic rings. The number of hydrogen-bond acceptors (Lipinski definition) is 3. The van der Waals surface area contributed by atoms with Gasteiger partial charge in [-0.2, -0.15) is 0 Å². The average Bonchev–Trinajstić information content (AvgIpc) is 2.40. The molecule has 0 amide bonds. The van der Waals surface area contributed by atoms with E-state index in [1.165, 1.54) is 0 Å². The Labute approximate surface area is 82.9 Å². The summed E-state index contributed by atoms with van der Waals surface area (Å²) in [6.45, 7) is 2.82. The Morgan fingerprint density at radius 1 is 1.91 bits per heavy atom. The average molecular weight is 282 g/mol. The van der Waals surface area contributed by atoms with Crippen LogP contribution in [-0.4, -0.2) is 37.7 Å². The van der Waals surface area contributed by atoms with Gasteiger partial charge in [-0.3, -0.25) is 0 Å². The van der Waals surface area contributed by atoms with Crippen LogP contribution in [0.4, 0.5) is 5.13 Å². The van der Waals surface area contributed by atoms with Crippen LogP contribution in [0, 0.1) is 0 Å². The second-order valence-corrected chi connectivity index (χ2v) is 3.74. The van der Waals surface area contributed by atoms with Gasteiger partial charge in [-0.25, -0.2) is 0 Å². The topological polar surface area (TPSA) is 37.3 Å². The van der Waals surface area contributed by atoms with Gasteiger partial charge in [-0.15, -0.1) is 0 Å². The van der Waals surface area contributed by atoms with Gasteiger partial charge < -0.3 is 0 Å². The van der Waals surface area contributed by atoms with E-state index in [1.54, 1.807) is 17.5 Å². The molecule has 0 fully saturated rings. The van der Waals surface area contributed by atoms with Crippen LogP contribution in [-0.2, 0) is 0 Å². The van der Waals surface area contributed by atoms with E-state index >= 15 is 0 Å². The first-order chi connectivity index (χ1) is 5.33. The second-order valence-electron chi connectivity index (χ2n) is 1.74. The van der Waals surface area contributed by atoms with Crippen LogP contribution in [0.25, 0.3) is 0 Å². The van der Waals surface area contributed by atoms with Crippen LogP contribution in [0.1, 0.15) is 6.92 Å². The Morgan fingerprint density at radius 3 is 3.27 bits per heavy atom. The zero-order chi connectivity index (χ0) is 8.10. The van der Waals surface area contributed by atoms with Crippen LogP contribution in [0.5, 0.6) is 0 Å². The molecule has 1 rings (SSSR count). The number of hydrogen-bond donors (Lipinski definition) is 1. The maximum atomic E-state index is 4.18. The summed E-state index contributed by atoms with van der Waals surface area (Å²) >= 11 is 3.44. The molecule has 0 spiro atoms. The molecule has 0 bridgehead atoms. The molecule has 1 radical (unpaired) electrons. The quantitative estimate of drug-likeness (QED) is 0.501. The van der Waals surface area contributed by atoms with Crippen LogP contribution in [0.3, 0.4) is 0 Å². The summed E-state index contributed by atoms with van der Waals surface area (Å²) in [5.41, 5.74) is 0. The molecule has 1 aromatic rings. The monoisotopic (exact) mass is 284 g/mol. The summed E-state index contributed by atoms with van der Waals surface area (Å²) < 4.78 is 0.929. The van der Waals surface area contributed by atoms with Crippen molar-refractivity contribution < 1.29 is 0 Å². The van der Waals surface area contributed by atoms with Crippen molar-refractivity contribution >= 4 is 42.6 Å². The normalized spacial score (nSPS) is 11.5. The number of aliphatic imine (C=N–C) groups is 1. The van der Waals surface area contributed by atoms with Gasteiger partial charge >= 0.3 is 83.0 Å². The van der Waals surface area contributed by atoms with Crippen molar-refractivity contribution in [2.75, 3.05) is 11.9 Å². The van der Waals surface area contributed by atoms with Gasteiger partial charge in [-0.05, 0) is 0 Å². The van der Waals surface area contributed by atoms with Crippen molar-refractivity contribution in [3.05, 3.63) is 11.6 Å². The molecular weight excluding hydrogens is 274 g/mol. The number of aromatic nitrogens is 1. The summed E-state index contributed by atoms with van der Waals surface area (Å²) in [6.07, 6.45) is 1.77. The van der Waals surface area contributed by atoms with E-state index in [0.29, 0.717) is 0 Å². The van der Waals surface area contributed by atoms with Gasteiger partial charge in [0.05, 0.1) is 0 Å². The zero-order valence-corrected chi connectivity index (χ0v) is 9.22. The van der Waals surface area contributed by atoms with Gasteiger partial charge in [0, 0.05) is 0 Å². The summed E-state index contributed by atoms with van der Waals surface area (Å²) in [6, 6.07) is 0. The molecule has 5 heteroatoms. The van der Waals surface area contributed by atoms with Gasteiger partial charge in [0.2, 0.25) is 0 Å². The Bertz CT molecular complexity index is 232. The van der Waals surface area contributed by atoms with E-state index in [2.05, 4.69) is 15.3 Å². The molecule has 1 aromatic heterocycles. The van der Waals surface area contributed by atoms with E-state index in [4.69, 9.17) is 0 Å². The van der Waals surface area contributed by atoms with Crippen molar-refractivity contribution in [2.45, 2.75) is 6.92 Å².